The molecule has 0 amide bonds. The number of hydrogen-bond acceptors (Lipinski definition) is 4. The molecule has 5 heteroatoms. The Bertz CT molecular complexity index is 309. The third-order valence-corrected chi connectivity index (χ3v) is 2.02. The first-order chi connectivity index (χ1) is 7.42. The van der Waals surface area contributed by atoms with Gasteiger partial charge < -0.3 is 4.74 Å². The molecule has 0 aromatic heterocycles. The molecular formula is C11H17NO4. The topological polar surface area (TPSA) is 69.4 Å². The fourth-order valence-corrected chi connectivity index (χ4v) is 1.12. The van der Waals surface area contributed by atoms with Crippen molar-refractivity contribution in [1.82, 2.24) is 0 Å². The number of ether oxygens (including phenoxy) is 1. The number of carbonyl (C=O) groups is 1. The molecular weight excluding hydrogens is 210 g/mol. The molecule has 0 aromatic rings. The Kier molecular flexibility index (Phi) is 6.07. The standard InChI is InChI=1S/C11H17NO4/c1-4-7-11(3,12(14)15)8-5-6-9-16-10(2)13/h4-7H,8-9H2,1-3H3/b6-5+,7-4-. The fourth-order valence-electron chi connectivity index (χ4n) is 1.12. The van der Waals surface area contributed by atoms with Gasteiger partial charge in [-0.2, -0.15) is 0 Å². The molecule has 1 atom stereocenters. The molecule has 0 saturated carbocycles. The molecule has 0 fully saturated rings. The molecule has 0 spiro atoms. The van der Waals surface area contributed by atoms with Gasteiger partial charge >= 0.3 is 5.97 Å². The van der Waals surface area contributed by atoms with Gasteiger partial charge in [0.25, 0.3) is 0 Å². The van der Waals surface area contributed by atoms with Gasteiger partial charge in [0, 0.05) is 25.2 Å². The summed E-state index contributed by atoms with van der Waals surface area (Å²) < 4.78 is 4.66. The van der Waals surface area contributed by atoms with Crippen molar-refractivity contribution in [2.75, 3.05) is 6.61 Å². The lowest BCUT2D eigenvalue weighted by Crippen LogP contribution is -2.31. The van der Waals surface area contributed by atoms with Crippen molar-refractivity contribution >= 4 is 5.97 Å². The van der Waals surface area contributed by atoms with E-state index in [1.54, 1.807) is 38.2 Å². The van der Waals surface area contributed by atoms with Crippen LogP contribution in [0.15, 0.2) is 24.3 Å². The van der Waals surface area contributed by atoms with Crippen LogP contribution in [0.2, 0.25) is 0 Å². The Morgan fingerprint density at radius 2 is 2.12 bits per heavy atom. The Morgan fingerprint density at radius 3 is 2.56 bits per heavy atom. The van der Waals surface area contributed by atoms with Crippen molar-refractivity contribution in [3.05, 3.63) is 34.4 Å². The average Bonchev–Trinajstić information content (AvgIpc) is 2.17. The van der Waals surface area contributed by atoms with Gasteiger partial charge in [0.15, 0.2) is 0 Å². The molecule has 16 heavy (non-hydrogen) atoms. The summed E-state index contributed by atoms with van der Waals surface area (Å²) in [5.74, 6) is -0.366. The van der Waals surface area contributed by atoms with Gasteiger partial charge in [-0.1, -0.05) is 18.2 Å². The van der Waals surface area contributed by atoms with E-state index in [0.29, 0.717) is 0 Å². The molecule has 0 bridgehead atoms. The Balaban J connectivity index is 4.23. The third-order valence-electron chi connectivity index (χ3n) is 2.02. The lowest BCUT2D eigenvalue weighted by atomic mass is 9.98. The number of esters is 1. The lowest BCUT2D eigenvalue weighted by molar-refractivity contribution is -0.549. The highest BCUT2D eigenvalue weighted by molar-refractivity contribution is 5.65. The summed E-state index contributed by atoms with van der Waals surface area (Å²) in [6.07, 6.45) is 6.72. The van der Waals surface area contributed by atoms with Crippen LogP contribution in [0.3, 0.4) is 0 Å². The number of carbonyl (C=O) groups excluding carboxylic acids is 1. The highest BCUT2D eigenvalue weighted by Crippen LogP contribution is 2.16. The van der Waals surface area contributed by atoms with Crippen LogP contribution in [-0.2, 0) is 9.53 Å². The summed E-state index contributed by atoms with van der Waals surface area (Å²) >= 11 is 0. The normalized spacial score (nSPS) is 15.2. The van der Waals surface area contributed by atoms with Crippen molar-refractivity contribution in [2.45, 2.75) is 32.7 Å². The number of nitrogens with zero attached hydrogens (tertiary/aromatic N) is 1. The van der Waals surface area contributed by atoms with Gasteiger partial charge in [-0.05, 0) is 13.0 Å². The maximum Gasteiger partial charge on any atom is 0.302 e. The van der Waals surface area contributed by atoms with Crippen molar-refractivity contribution < 1.29 is 14.5 Å². The molecule has 0 N–H and O–H groups in total. The molecule has 0 aliphatic heterocycles. The van der Waals surface area contributed by atoms with Crippen molar-refractivity contribution in [3.8, 4) is 0 Å². The summed E-state index contributed by atoms with van der Waals surface area (Å²) in [4.78, 5) is 20.9. The maximum absolute atomic E-state index is 10.8. The van der Waals surface area contributed by atoms with E-state index in [-0.39, 0.29) is 23.9 Å². The van der Waals surface area contributed by atoms with E-state index >= 15 is 0 Å². The second-order valence-electron chi connectivity index (χ2n) is 3.59. The van der Waals surface area contributed by atoms with Crippen LogP contribution in [-0.4, -0.2) is 23.0 Å². The van der Waals surface area contributed by atoms with Crippen molar-refractivity contribution in [2.24, 2.45) is 0 Å². The minimum absolute atomic E-state index is 0.152. The van der Waals surface area contributed by atoms with Crippen LogP contribution in [0.25, 0.3) is 0 Å². The van der Waals surface area contributed by atoms with Gasteiger partial charge in [0.1, 0.15) is 6.61 Å². The van der Waals surface area contributed by atoms with Crippen LogP contribution in [0.4, 0.5) is 0 Å². The van der Waals surface area contributed by atoms with E-state index in [2.05, 4.69) is 4.74 Å². The van der Waals surface area contributed by atoms with E-state index in [1.807, 2.05) is 0 Å². The van der Waals surface area contributed by atoms with E-state index in [1.165, 1.54) is 6.92 Å². The van der Waals surface area contributed by atoms with Crippen LogP contribution in [0.5, 0.6) is 0 Å². The van der Waals surface area contributed by atoms with Gasteiger partial charge in [-0.3, -0.25) is 14.9 Å². The maximum atomic E-state index is 10.8. The molecule has 0 saturated heterocycles. The van der Waals surface area contributed by atoms with Gasteiger partial charge in [-0.25, -0.2) is 0 Å². The summed E-state index contributed by atoms with van der Waals surface area (Å²) in [5, 5.41) is 10.8. The van der Waals surface area contributed by atoms with Gasteiger partial charge in [-0.15, -0.1) is 0 Å². The third kappa shape index (κ3) is 5.29. The number of hydrogen-bond donors (Lipinski definition) is 0. The Morgan fingerprint density at radius 1 is 1.50 bits per heavy atom. The predicted molar refractivity (Wildman–Crippen MR) is 60.6 cm³/mol. The number of allylic oxidation sites excluding steroid dienone is 1. The first kappa shape index (κ1) is 14.3. The van der Waals surface area contributed by atoms with Crippen LogP contribution in [0, 0.1) is 10.1 Å². The highest BCUT2D eigenvalue weighted by atomic mass is 16.6. The molecule has 0 aromatic carbocycles. The summed E-state index contributed by atoms with van der Waals surface area (Å²) in [6, 6.07) is 0. The van der Waals surface area contributed by atoms with E-state index in [0.717, 1.165) is 0 Å². The van der Waals surface area contributed by atoms with Crippen LogP contribution < -0.4 is 0 Å². The minimum atomic E-state index is -1.10. The van der Waals surface area contributed by atoms with E-state index in [4.69, 9.17) is 0 Å². The number of nitro groups is 1. The minimum Gasteiger partial charge on any atom is -0.462 e. The predicted octanol–water partition coefficient (Wildman–Crippen LogP) is 2.11. The summed E-state index contributed by atoms with van der Waals surface area (Å²) in [7, 11) is 0. The molecule has 0 radical (unpaired) electrons. The monoisotopic (exact) mass is 227 g/mol. The first-order valence-corrected chi connectivity index (χ1v) is 4.99. The van der Waals surface area contributed by atoms with Crippen LogP contribution in [0.1, 0.15) is 27.2 Å². The highest BCUT2D eigenvalue weighted by Gasteiger charge is 2.31. The quantitative estimate of drug-likeness (QED) is 0.301. The lowest BCUT2D eigenvalue weighted by Gasteiger charge is -2.14. The molecule has 0 rings (SSSR count). The number of rotatable bonds is 6. The zero-order valence-corrected chi connectivity index (χ0v) is 9.80. The smallest absolute Gasteiger partial charge is 0.302 e. The second kappa shape index (κ2) is 6.76. The van der Waals surface area contributed by atoms with Gasteiger partial charge in [0.05, 0.1) is 0 Å². The van der Waals surface area contributed by atoms with Crippen molar-refractivity contribution in [1.29, 1.82) is 0 Å². The molecule has 0 heterocycles. The Labute approximate surface area is 94.9 Å². The SMILES string of the molecule is C/C=C\C(C)(C/C=C/COC(C)=O)[N+](=O)[O-]. The van der Waals surface area contributed by atoms with Crippen molar-refractivity contribution in [3.63, 3.8) is 0 Å². The molecule has 90 valence electrons. The molecule has 0 aliphatic carbocycles. The van der Waals surface area contributed by atoms with E-state index < -0.39 is 5.54 Å². The molecule has 1 unspecified atom stereocenters. The Hall–Kier alpha value is -1.65. The van der Waals surface area contributed by atoms with E-state index in [9.17, 15) is 14.9 Å². The largest absolute Gasteiger partial charge is 0.462 e. The van der Waals surface area contributed by atoms with Gasteiger partial charge in [0.2, 0.25) is 5.54 Å². The summed E-state index contributed by atoms with van der Waals surface area (Å²) in [5.41, 5.74) is -1.10. The van der Waals surface area contributed by atoms with Crippen LogP contribution >= 0.6 is 0 Å². The first-order valence-electron chi connectivity index (χ1n) is 4.99. The fraction of sp³-hybridized carbons (Fsp3) is 0.545. The second-order valence-corrected chi connectivity index (χ2v) is 3.59. The summed E-state index contributed by atoms with van der Waals surface area (Å²) in [6.45, 7) is 4.75. The zero-order valence-electron chi connectivity index (χ0n) is 9.80. The zero-order chi connectivity index (χ0) is 12.6. The molecule has 0 aliphatic rings. The average molecular weight is 227 g/mol. The molecule has 5 nitrogen and oxygen atoms in total.